The first-order valence-electron chi connectivity index (χ1n) is 10.7. The zero-order valence-electron chi connectivity index (χ0n) is 18.8. The van der Waals surface area contributed by atoms with Crippen molar-refractivity contribution in [3.05, 3.63) is 99.5 Å². The van der Waals surface area contributed by atoms with Gasteiger partial charge in [-0.2, -0.15) is 5.10 Å². The Morgan fingerprint density at radius 2 is 1.74 bits per heavy atom. The Hall–Kier alpha value is -3.35. The van der Waals surface area contributed by atoms with Crippen LogP contribution in [-0.4, -0.2) is 24.1 Å². The highest BCUT2D eigenvalue weighted by Gasteiger charge is 2.24. The van der Waals surface area contributed by atoms with Gasteiger partial charge in [-0.1, -0.05) is 61.3 Å². The molecule has 0 aliphatic rings. The normalized spacial score (nSPS) is 11.9. The molecule has 34 heavy (non-hydrogen) atoms. The number of nitrogens with zero attached hydrogens (tertiary/aromatic N) is 1. The van der Waals surface area contributed by atoms with Gasteiger partial charge >= 0.3 is 0 Å². The first kappa shape index (κ1) is 25.3. The van der Waals surface area contributed by atoms with E-state index in [0.29, 0.717) is 28.0 Å². The number of hydrogen-bond acceptors (Lipinski definition) is 4. The molecule has 0 aliphatic heterocycles. The predicted octanol–water partition coefficient (Wildman–Crippen LogP) is 5.48. The van der Waals surface area contributed by atoms with Gasteiger partial charge in [0.15, 0.2) is 0 Å². The van der Waals surface area contributed by atoms with Gasteiger partial charge < -0.3 is 10.1 Å². The molecule has 0 bridgehead atoms. The van der Waals surface area contributed by atoms with Crippen molar-refractivity contribution in [2.45, 2.75) is 26.5 Å². The summed E-state index contributed by atoms with van der Waals surface area (Å²) in [6.07, 6.45) is 1.52. The molecule has 3 aromatic carbocycles. The van der Waals surface area contributed by atoms with E-state index in [1.54, 1.807) is 24.3 Å². The summed E-state index contributed by atoms with van der Waals surface area (Å²) in [6, 6.07) is 20.5. The standard InChI is InChI=1S/C26H25Cl2N3O3/c1-17(2)24(30-25(32)19-7-5-8-21(27)14-19)26(33)31-29-15-18-10-12-22(13-11-18)34-16-20-6-3-4-9-23(20)28/h3-15,17,24H,16H2,1-2H3,(H,30,32)(H,31,33)/b29-15+. The largest absolute Gasteiger partial charge is 0.489 e. The summed E-state index contributed by atoms with van der Waals surface area (Å²) >= 11 is 12.1. The lowest BCUT2D eigenvalue weighted by Crippen LogP contribution is -2.48. The fourth-order valence-corrected chi connectivity index (χ4v) is 3.44. The van der Waals surface area contributed by atoms with Crippen LogP contribution in [0.15, 0.2) is 77.9 Å². The summed E-state index contributed by atoms with van der Waals surface area (Å²) in [5.74, 6) is -0.258. The van der Waals surface area contributed by atoms with Crippen LogP contribution >= 0.6 is 23.2 Å². The van der Waals surface area contributed by atoms with Crippen LogP contribution in [0.5, 0.6) is 5.75 Å². The van der Waals surface area contributed by atoms with Crippen molar-refractivity contribution in [1.29, 1.82) is 0 Å². The molecule has 0 fully saturated rings. The molecule has 1 atom stereocenters. The lowest BCUT2D eigenvalue weighted by molar-refractivity contribution is -0.123. The highest BCUT2D eigenvalue weighted by Crippen LogP contribution is 2.19. The Kier molecular flexibility index (Phi) is 9.08. The Morgan fingerprint density at radius 1 is 1.00 bits per heavy atom. The molecule has 3 rings (SSSR count). The van der Waals surface area contributed by atoms with Crippen LogP contribution < -0.4 is 15.5 Å². The summed E-state index contributed by atoms with van der Waals surface area (Å²) < 4.78 is 5.76. The Bertz CT molecular complexity index is 1160. The van der Waals surface area contributed by atoms with Gasteiger partial charge in [0.25, 0.3) is 11.8 Å². The number of halogens is 2. The number of carbonyl (C=O) groups excluding carboxylic acids is 2. The van der Waals surface area contributed by atoms with Crippen LogP contribution in [0.2, 0.25) is 10.0 Å². The minimum absolute atomic E-state index is 0.145. The molecule has 8 heteroatoms. The molecule has 2 N–H and O–H groups in total. The first-order chi connectivity index (χ1) is 16.3. The van der Waals surface area contributed by atoms with E-state index in [9.17, 15) is 9.59 Å². The van der Waals surface area contributed by atoms with Crippen molar-refractivity contribution in [3.63, 3.8) is 0 Å². The van der Waals surface area contributed by atoms with Crippen LogP contribution in [0, 0.1) is 5.92 Å². The number of amides is 2. The van der Waals surface area contributed by atoms with Crippen LogP contribution in [0.25, 0.3) is 0 Å². The number of ether oxygens (including phenoxy) is 1. The summed E-state index contributed by atoms with van der Waals surface area (Å²) in [6.45, 7) is 4.04. The second kappa shape index (κ2) is 12.2. The van der Waals surface area contributed by atoms with Gasteiger partial charge in [-0.25, -0.2) is 5.43 Å². The molecular weight excluding hydrogens is 473 g/mol. The van der Waals surface area contributed by atoms with E-state index in [0.717, 1.165) is 11.1 Å². The molecule has 0 heterocycles. The second-order valence-electron chi connectivity index (χ2n) is 7.89. The number of nitrogens with one attached hydrogen (secondary N) is 2. The van der Waals surface area contributed by atoms with E-state index < -0.39 is 11.9 Å². The molecular formula is C26H25Cl2N3O3. The average Bonchev–Trinajstić information content (AvgIpc) is 2.82. The monoisotopic (exact) mass is 497 g/mol. The van der Waals surface area contributed by atoms with Gasteiger partial charge in [0.1, 0.15) is 18.4 Å². The van der Waals surface area contributed by atoms with E-state index in [4.69, 9.17) is 27.9 Å². The third-order valence-corrected chi connectivity index (χ3v) is 5.55. The maximum Gasteiger partial charge on any atom is 0.262 e. The van der Waals surface area contributed by atoms with Crippen LogP contribution in [0.1, 0.15) is 35.3 Å². The molecule has 6 nitrogen and oxygen atoms in total. The summed E-state index contributed by atoms with van der Waals surface area (Å²) in [5.41, 5.74) is 4.55. The minimum Gasteiger partial charge on any atom is -0.489 e. The zero-order chi connectivity index (χ0) is 24.5. The SMILES string of the molecule is CC(C)C(NC(=O)c1cccc(Cl)c1)C(=O)N/N=C/c1ccc(OCc2ccccc2Cl)cc1. The van der Waals surface area contributed by atoms with Crippen molar-refractivity contribution in [1.82, 2.24) is 10.7 Å². The van der Waals surface area contributed by atoms with E-state index in [2.05, 4.69) is 15.8 Å². The molecule has 0 radical (unpaired) electrons. The van der Waals surface area contributed by atoms with Crippen LogP contribution in [0.3, 0.4) is 0 Å². The summed E-state index contributed by atoms with van der Waals surface area (Å²) in [7, 11) is 0. The Labute approximate surface area is 208 Å². The van der Waals surface area contributed by atoms with Crippen molar-refractivity contribution in [2.24, 2.45) is 11.0 Å². The highest BCUT2D eigenvalue weighted by molar-refractivity contribution is 6.31. The van der Waals surface area contributed by atoms with Gasteiger partial charge in [0.05, 0.1) is 6.21 Å². The van der Waals surface area contributed by atoms with Crippen molar-refractivity contribution < 1.29 is 14.3 Å². The van der Waals surface area contributed by atoms with E-state index >= 15 is 0 Å². The molecule has 0 saturated heterocycles. The first-order valence-corrected chi connectivity index (χ1v) is 11.4. The number of benzene rings is 3. The maximum atomic E-state index is 12.6. The Morgan fingerprint density at radius 3 is 2.41 bits per heavy atom. The van der Waals surface area contributed by atoms with Gasteiger partial charge in [0.2, 0.25) is 0 Å². The number of hydrazone groups is 1. The van der Waals surface area contributed by atoms with Gasteiger partial charge in [-0.15, -0.1) is 0 Å². The zero-order valence-corrected chi connectivity index (χ0v) is 20.3. The molecule has 3 aromatic rings. The molecule has 0 aliphatic carbocycles. The molecule has 0 spiro atoms. The molecule has 1 unspecified atom stereocenters. The lowest BCUT2D eigenvalue weighted by Gasteiger charge is -2.20. The topological polar surface area (TPSA) is 79.8 Å². The van der Waals surface area contributed by atoms with Crippen molar-refractivity contribution >= 4 is 41.2 Å². The number of rotatable bonds is 9. The smallest absolute Gasteiger partial charge is 0.262 e. The average molecular weight is 498 g/mol. The number of carbonyl (C=O) groups is 2. The van der Waals surface area contributed by atoms with Crippen molar-refractivity contribution in [2.75, 3.05) is 0 Å². The summed E-state index contributed by atoms with van der Waals surface area (Å²) in [5, 5.41) is 7.86. The van der Waals surface area contributed by atoms with E-state index in [1.165, 1.54) is 6.21 Å². The van der Waals surface area contributed by atoms with E-state index in [-0.39, 0.29) is 11.8 Å². The van der Waals surface area contributed by atoms with E-state index in [1.807, 2.05) is 62.4 Å². The fourth-order valence-electron chi connectivity index (χ4n) is 3.06. The van der Waals surface area contributed by atoms with Crippen molar-refractivity contribution in [3.8, 4) is 5.75 Å². The van der Waals surface area contributed by atoms with Crippen LogP contribution in [0.4, 0.5) is 0 Å². The molecule has 0 aromatic heterocycles. The molecule has 0 saturated carbocycles. The lowest BCUT2D eigenvalue weighted by atomic mass is 10.0. The highest BCUT2D eigenvalue weighted by atomic mass is 35.5. The van der Waals surface area contributed by atoms with Gasteiger partial charge in [-0.05, 0) is 60.0 Å². The third kappa shape index (κ3) is 7.33. The van der Waals surface area contributed by atoms with Gasteiger partial charge in [0, 0.05) is 21.2 Å². The second-order valence-corrected chi connectivity index (χ2v) is 8.73. The summed E-state index contributed by atoms with van der Waals surface area (Å²) in [4.78, 5) is 25.1. The fraction of sp³-hybridized carbons (Fsp3) is 0.192. The third-order valence-electron chi connectivity index (χ3n) is 4.94. The predicted molar refractivity (Wildman–Crippen MR) is 136 cm³/mol. The minimum atomic E-state index is -0.760. The van der Waals surface area contributed by atoms with Gasteiger partial charge in [-0.3, -0.25) is 9.59 Å². The Balaban J connectivity index is 1.53. The molecule has 2 amide bonds. The maximum absolute atomic E-state index is 12.6. The molecule has 176 valence electrons. The number of hydrogen-bond donors (Lipinski definition) is 2. The van der Waals surface area contributed by atoms with Crippen LogP contribution in [-0.2, 0) is 11.4 Å². The quantitative estimate of drug-likeness (QED) is 0.303.